The minimum atomic E-state index is -2.03. The normalized spacial score (nSPS) is 9.26. The number of ketones is 2. The molecule has 0 N–H and O–H groups in total. The van der Waals surface area contributed by atoms with E-state index in [1.54, 1.807) is 58.3 Å². The van der Waals surface area contributed by atoms with Crippen LogP contribution < -0.4 is 0 Å². The molecule has 0 bridgehead atoms. The number of hydrogen-bond donors (Lipinski definition) is 0. The van der Waals surface area contributed by atoms with Gasteiger partial charge < -0.3 is 9.80 Å². The Morgan fingerprint density at radius 2 is 0.829 bits per heavy atom. The Morgan fingerprint density at radius 3 is 1.06 bits per heavy atom. The molecule has 0 spiro atoms. The summed E-state index contributed by atoms with van der Waals surface area (Å²) in [6.45, 7) is 10.2. The molecule has 0 atom stereocenters. The SMILES string of the molecule is CCN(CC)C(=O)CC(=O)c1ccccc1.CCN(CC)C(=O)CC(=O)c1ccccc1.[O]=[Mo+2]=[O]. The number of carbonyl (C=O) groups excluding carboxylic acids is 4. The van der Waals surface area contributed by atoms with Crippen LogP contribution in [0.1, 0.15) is 61.3 Å². The molecule has 0 aliphatic rings. The third-order valence-electron chi connectivity index (χ3n) is 5.05. The van der Waals surface area contributed by atoms with Gasteiger partial charge in [-0.3, -0.25) is 19.2 Å². The molecule has 2 aromatic carbocycles. The minimum absolute atomic E-state index is 0.0360. The molecule has 0 aliphatic heterocycles. The standard InChI is InChI=1S/2C13H17NO2.Mo.2O/c2*1-3-14(4-2)13(16)10-12(15)11-8-6-5-7-9-11;;;/h2*5-9H,3-4,10H2,1-2H3;;;/q;;+2;;. The van der Waals surface area contributed by atoms with Crippen molar-refractivity contribution in [1.82, 2.24) is 9.80 Å². The third-order valence-corrected chi connectivity index (χ3v) is 5.05. The summed E-state index contributed by atoms with van der Waals surface area (Å²) < 4.78 is 17.0. The summed E-state index contributed by atoms with van der Waals surface area (Å²) in [5.41, 5.74) is 1.20. The summed E-state index contributed by atoms with van der Waals surface area (Å²) in [5.74, 6) is -0.423. The van der Waals surface area contributed by atoms with E-state index in [1.807, 2.05) is 39.8 Å². The van der Waals surface area contributed by atoms with Crippen LogP contribution in [0, 0.1) is 0 Å². The second-order valence-corrected chi connectivity index (χ2v) is 7.47. The molecule has 8 nitrogen and oxygen atoms in total. The van der Waals surface area contributed by atoms with E-state index in [-0.39, 0.29) is 36.2 Å². The van der Waals surface area contributed by atoms with Crippen molar-refractivity contribution >= 4 is 23.4 Å². The Kier molecular flexibility index (Phi) is 17.7. The zero-order valence-corrected chi connectivity index (χ0v) is 22.8. The molecule has 0 saturated heterocycles. The zero-order chi connectivity index (χ0) is 26.6. The van der Waals surface area contributed by atoms with Gasteiger partial charge in [0.15, 0.2) is 11.6 Å². The van der Waals surface area contributed by atoms with Gasteiger partial charge in [0.1, 0.15) is 0 Å². The van der Waals surface area contributed by atoms with Gasteiger partial charge >= 0.3 is 25.3 Å². The number of hydrogen-bond acceptors (Lipinski definition) is 6. The van der Waals surface area contributed by atoms with E-state index in [0.717, 1.165) is 0 Å². The Balaban J connectivity index is 0.000000594. The fourth-order valence-corrected chi connectivity index (χ4v) is 3.10. The molecule has 2 aromatic rings. The first-order valence-corrected chi connectivity index (χ1v) is 13.1. The van der Waals surface area contributed by atoms with Crippen molar-refractivity contribution in [2.45, 2.75) is 40.5 Å². The Morgan fingerprint density at radius 1 is 0.571 bits per heavy atom. The van der Waals surface area contributed by atoms with Gasteiger partial charge in [-0.25, -0.2) is 0 Å². The van der Waals surface area contributed by atoms with Gasteiger partial charge in [0.2, 0.25) is 11.8 Å². The Bertz CT molecular complexity index is 879. The van der Waals surface area contributed by atoms with Crippen molar-refractivity contribution in [3.63, 3.8) is 0 Å². The van der Waals surface area contributed by atoms with Crippen molar-refractivity contribution in [1.29, 1.82) is 0 Å². The summed E-state index contributed by atoms with van der Waals surface area (Å²) in [7, 11) is 0. The Hall–Kier alpha value is -2.99. The number of benzene rings is 2. The molecule has 188 valence electrons. The van der Waals surface area contributed by atoms with E-state index in [1.165, 1.54) is 0 Å². The van der Waals surface area contributed by atoms with Crippen LogP contribution in [0.2, 0.25) is 0 Å². The van der Waals surface area contributed by atoms with Crippen LogP contribution >= 0.6 is 0 Å². The second kappa shape index (κ2) is 19.3. The van der Waals surface area contributed by atoms with E-state index in [2.05, 4.69) is 0 Å². The monoisotopic (exact) mass is 568 g/mol. The van der Waals surface area contributed by atoms with Gasteiger partial charge in [-0.2, -0.15) is 0 Å². The molecule has 0 unspecified atom stereocenters. The van der Waals surface area contributed by atoms with Crippen LogP contribution in [0.4, 0.5) is 0 Å². The first-order valence-electron chi connectivity index (χ1n) is 11.4. The summed E-state index contributed by atoms with van der Waals surface area (Å²) in [6, 6.07) is 17.8. The van der Waals surface area contributed by atoms with Crippen molar-refractivity contribution in [3.8, 4) is 0 Å². The molecular weight excluding hydrogens is 532 g/mol. The number of Topliss-reactive ketones (excluding diaryl/α,β-unsaturated/α-hetero) is 2. The summed E-state index contributed by atoms with van der Waals surface area (Å²) in [4.78, 5) is 50.2. The van der Waals surface area contributed by atoms with Gasteiger partial charge in [0.05, 0.1) is 12.8 Å². The molecule has 0 fully saturated rings. The predicted octanol–water partition coefficient (Wildman–Crippen LogP) is 4.02. The van der Waals surface area contributed by atoms with Gasteiger partial charge in [-0.15, -0.1) is 0 Å². The average Bonchev–Trinajstić information content (AvgIpc) is 2.87. The molecule has 2 rings (SSSR count). The average molecular weight is 567 g/mol. The first-order chi connectivity index (χ1) is 16.8. The molecule has 0 heterocycles. The second-order valence-electron chi connectivity index (χ2n) is 7.13. The van der Waals surface area contributed by atoms with Crippen molar-refractivity contribution in [3.05, 3.63) is 71.8 Å². The molecule has 0 saturated carbocycles. The molecule has 2 amide bonds. The van der Waals surface area contributed by atoms with Crippen molar-refractivity contribution in [2.75, 3.05) is 26.2 Å². The summed E-state index contributed by atoms with van der Waals surface area (Å²) in [5, 5.41) is 0. The van der Waals surface area contributed by atoms with Gasteiger partial charge in [-0.1, -0.05) is 60.7 Å². The molecule has 0 aromatic heterocycles. The maximum absolute atomic E-state index is 11.7. The zero-order valence-electron chi connectivity index (χ0n) is 20.8. The number of rotatable bonds is 10. The van der Waals surface area contributed by atoms with E-state index in [0.29, 0.717) is 37.3 Å². The summed E-state index contributed by atoms with van der Waals surface area (Å²) in [6.07, 6.45) is -0.0720. The molecule has 0 radical (unpaired) electrons. The maximum atomic E-state index is 11.7. The van der Waals surface area contributed by atoms with E-state index < -0.39 is 18.5 Å². The van der Waals surface area contributed by atoms with Crippen LogP contribution in [-0.4, -0.2) is 59.4 Å². The van der Waals surface area contributed by atoms with Crippen LogP contribution in [0.25, 0.3) is 0 Å². The first kappa shape index (κ1) is 32.0. The van der Waals surface area contributed by atoms with Gasteiger partial charge in [-0.05, 0) is 27.7 Å². The fourth-order valence-electron chi connectivity index (χ4n) is 3.10. The van der Waals surface area contributed by atoms with Crippen molar-refractivity contribution in [2.24, 2.45) is 0 Å². The third kappa shape index (κ3) is 12.9. The quantitative estimate of drug-likeness (QED) is 0.244. The molecule has 0 aliphatic carbocycles. The number of carbonyl (C=O) groups is 4. The summed E-state index contributed by atoms with van der Waals surface area (Å²) >= 11 is -2.03. The fraction of sp³-hybridized carbons (Fsp3) is 0.385. The molecule has 35 heavy (non-hydrogen) atoms. The molecule has 9 heteroatoms. The van der Waals surface area contributed by atoms with Crippen LogP contribution in [-0.2, 0) is 34.9 Å². The van der Waals surface area contributed by atoms with Crippen LogP contribution in [0.3, 0.4) is 0 Å². The van der Waals surface area contributed by atoms with Crippen molar-refractivity contribution < 1.29 is 44.5 Å². The van der Waals surface area contributed by atoms with Gasteiger partial charge in [0.25, 0.3) is 0 Å². The van der Waals surface area contributed by atoms with E-state index in [9.17, 15) is 19.2 Å². The van der Waals surface area contributed by atoms with Crippen LogP contribution in [0.15, 0.2) is 60.7 Å². The Labute approximate surface area is 215 Å². The van der Waals surface area contributed by atoms with E-state index >= 15 is 0 Å². The predicted molar refractivity (Wildman–Crippen MR) is 128 cm³/mol. The number of nitrogens with zero attached hydrogens (tertiary/aromatic N) is 2. The van der Waals surface area contributed by atoms with Gasteiger partial charge in [0, 0.05) is 37.3 Å². The van der Waals surface area contributed by atoms with E-state index in [4.69, 9.17) is 6.80 Å². The van der Waals surface area contributed by atoms with Crippen LogP contribution in [0.5, 0.6) is 0 Å². The molecular formula is C26H34MoN2O6+2. The number of amides is 2. The topological polar surface area (TPSA) is 109 Å².